The van der Waals surface area contributed by atoms with Gasteiger partial charge in [-0.25, -0.2) is 4.68 Å². The number of aryl methyl sites for hydroxylation is 1. The predicted octanol–water partition coefficient (Wildman–Crippen LogP) is 2.73. The summed E-state index contributed by atoms with van der Waals surface area (Å²) >= 11 is 0. The number of hydrogen-bond acceptors (Lipinski definition) is 3. The van der Waals surface area contributed by atoms with Crippen molar-refractivity contribution in [1.29, 1.82) is 0 Å². The molecule has 1 aromatic heterocycles. The Hall–Kier alpha value is -2.14. The van der Waals surface area contributed by atoms with Gasteiger partial charge in [-0.2, -0.15) is 5.10 Å². The van der Waals surface area contributed by atoms with Gasteiger partial charge in [-0.1, -0.05) is 17.7 Å². The van der Waals surface area contributed by atoms with Crippen LogP contribution in [0, 0.1) is 6.92 Å². The number of carbonyl (C=O) groups excluding carboxylic acids is 1. The number of fused-ring (bicyclic) bond motifs is 1. The Morgan fingerprint density at radius 1 is 1.21 bits per heavy atom. The Bertz CT molecular complexity index is 751. The van der Waals surface area contributed by atoms with Crippen LogP contribution in [0.15, 0.2) is 36.7 Å². The number of carbonyl (C=O) groups is 1. The van der Waals surface area contributed by atoms with E-state index in [0.29, 0.717) is 12.3 Å². The molecule has 5 nitrogen and oxygen atoms in total. The molecule has 1 atom stereocenters. The van der Waals surface area contributed by atoms with E-state index in [-0.39, 0.29) is 5.66 Å². The lowest BCUT2D eigenvalue weighted by atomic mass is 10.0. The van der Waals surface area contributed by atoms with Crippen molar-refractivity contribution >= 4 is 5.91 Å². The average Bonchev–Trinajstić information content (AvgIpc) is 3.15. The molecule has 1 amide bonds. The van der Waals surface area contributed by atoms with Crippen molar-refractivity contribution in [3.8, 4) is 5.69 Å². The first-order valence-corrected chi connectivity index (χ1v) is 8.72. The third-order valence-electron chi connectivity index (χ3n) is 5.49. The lowest BCUT2D eigenvalue weighted by Crippen LogP contribution is -2.60. The SMILES string of the molecule is Cc1ccc(-n2cc(CN3CCCN4C(=O)CC[C@@]34C)cn2)cc1. The van der Waals surface area contributed by atoms with Gasteiger partial charge in [-0.3, -0.25) is 9.69 Å². The number of aromatic nitrogens is 2. The molecule has 5 heteroatoms. The minimum absolute atomic E-state index is 0.124. The molecule has 24 heavy (non-hydrogen) atoms. The summed E-state index contributed by atoms with van der Waals surface area (Å²) in [5.74, 6) is 0.303. The molecule has 0 bridgehead atoms. The van der Waals surface area contributed by atoms with Crippen LogP contribution in [-0.2, 0) is 11.3 Å². The molecule has 0 aliphatic carbocycles. The monoisotopic (exact) mass is 324 g/mol. The van der Waals surface area contributed by atoms with Crippen molar-refractivity contribution in [2.75, 3.05) is 13.1 Å². The van der Waals surface area contributed by atoms with Gasteiger partial charge >= 0.3 is 0 Å². The fourth-order valence-electron chi connectivity index (χ4n) is 3.99. The van der Waals surface area contributed by atoms with E-state index in [4.69, 9.17) is 0 Å². The lowest BCUT2D eigenvalue weighted by Gasteiger charge is -2.48. The zero-order valence-electron chi connectivity index (χ0n) is 14.4. The highest BCUT2D eigenvalue weighted by molar-refractivity contribution is 5.79. The van der Waals surface area contributed by atoms with E-state index in [1.165, 1.54) is 11.1 Å². The molecule has 0 radical (unpaired) electrons. The number of amides is 1. The van der Waals surface area contributed by atoms with Crippen molar-refractivity contribution in [2.45, 2.75) is 45.3 Å². The van der Waals surface area contributed by atoms with E-state index >= 15 is 0 Å². The highest BCUT2D eigenvalue weighted by Gasteiger charge is 2.47. The average molecular weight is 324 g/mol. The predicted molar refractivity (Wildman–Crippen MR) is 92.7 cm³/mol. The fourth-order valence-corrected chi connectivity index (χ4v) is 3.99. The van der Waals surface area contributed by atoms with Crippen molar-refractivity contribution < 1.29 is 4.79 Å². The highest BCUT2D eigenvalue weighted by atomic mass is 16.2. The van der Waals surface area contributed by atoms with E-state index in [1.807, 2.05) is 10.9 Å². The van der Waals surface area contributed by atoms with Crippen LogP contribution >= 0.6 is 0 Å². The summed E-state index contributed by atoms with van der Waals surface area (Å²) in [6.45, 7) is 7.07. The van der Waals surface area contributed by atoms with Gasteiger partial charge in [0, 0.05) is 37.8 Å². The molecule has 3 heterocycles. The van der Waals surface area contributed by atoms with Gasteiger partial charge in [-0.15, -0.1) is 0 Å². The van der Waals surface area contributed by atoms with Crippen LogP contribution in [0.25, 0.3) is 5.69 Å². The van der Waals surface area contributed by atoms with Crippen LogP contribution in [0.2, 0.25) is 0 Å². The van der Waals surface area contributed by atoms with E-state index in [9.17, 15) is 4.79 Å². The molecule has 2 aromatic rings. The van der Waals surface area contributed by atoms with E-state index in [0.717, 1.165) is 38.2 Å². The molecule has 1 aromatic carbocycles. The van der Waals surface area contributed by atoms with Crippen molar-refractivity contribution in [3.63, 3.8) is 0 Å². The van der Waals surface area contributed by atoms with Gasteiger partial charge < -0.3 is 4.90 Å². The molecule has 2 aliphatic heterocycles. The van der Waals surface area contributed by atoms with Gasteiger partial charge in [0.05, 0.1) is 17.5 Å². The minimum Gasteiger partial charge on any atom is -0.324 e. The Morgan fingerprint density at radius 2 is 2.00 bits per heavy atom. The smallest absolute Gasteiger partial charge is 0.224 e. The maximum absolute atomic E-state index is 12.1. The first kappa shape index (κ1) is 15.4. The largest absolute Gasteiger partial charge is 0.324 e. The summed E-state index contributed by atoms with van der Waals surface area (Å²) in [6, 6.07) is 8.38. The molecule has 0 N–H and O–H groups in total. The highest BCUT2D eigenvalue weighted by Crippen LogP contribution is 2.37. The summed E-state index contributed by atoms with van der Waals surface area (Å²) in [7, 11) is 0. The summed E-state index contributed by atoms with van der Waals surface area (Å²) in [4.78, 5) is 16.6. The number of hydrogen-bond donors (Lipinski definition) is 0. The molecular weight excluding hydrogens is 300 g/mol. The number of rotatable bonds is 3. The van der Waals surface area contributed by atoms with Crippen LogP contribution in [0.3, 0.4) is 0 Å². The van der Waals surface area contributed by atoms with Gasteiger partial charge in [-0.05, 0) is 38.8 Å². The standard InChI is InChI=1S/C19H24N4O/c1-15-4-6-17(7-5-15)23-14-16(12-20-23)13-21-10-3-11-22-18(24)8-9-19(21,22)2/h4-7,12,14H,3,8-11,13H2,1-2H3/t19-/m0/s1. The van der Waals surface area contributed by atoms with Crippen LogP contribution in [-0.4, -0.2) is 44.2 Å². The molecule has 2 saturated heterocycles. The third-order valence-corrected chi connectivity index (χ3v) is 5.49. The van der Waals surface area contributed by atoms with Gasteiger partial charge in [0.2, 0.25) is 5.91 Å². The van der Waals surface area contributed by atoms with Crippen molar-refractivity contribution in [3.05, 3.63) is 47.8 Å². The van der Waals surface area contributed by atoms with E-state index in [2.05, 4.69) is 59.2 Å². The maximum atomic E-state index is 12.1. The molecule has 0 saturated carbocycles. The molecule has 126 valence electrons. The van der Waals surface area contributed by atoms with Gasteiger partial charge in [0.25, 0.3) is 0 Å². The van der Waals surface area contributed by atoms with Crippen LogP contribution < -0.4 is 0 Å². The van der Waals surface area contributed by atoms with Crippen LogP contribution in [0.5, 0.6) is 0 Å². The normalized spacial score (nSPS) is 24.4. The Labute approximate surface area is 142 Å². The molecular formula is C19H24N4O. The first-order chi connectivity index (χ1) is 11.6. The number of nitrogens with zero attached hydrogens (tertiary/aromatic N) is 4. The summed E-state index contributed by atoms with van der Waals surface area (Å²) in [6.07, 6.45) is 6.70. The Morgan fingerprint density at radius 3 is 2.79 bits per heavy atom. The lowest BCUT2D eigenvalue weighted by molar-refractivity contribution is -0.141. The summed E-state index contributed by atoms with van der Waals surface area (Å²) in [5, 5.41) is 4.51. The Balaban J connectivity index is 1.53. The fraction of sp³-hybridized carbons (Fsp3) is 0.474. The summed E-state index contributed by atoms with van der Waals surface area (Å²) in [5.41, 5.74) is 3.40. The second-order valence-corrected chi connectivity index (χ2v) is 7.17. The van der Waals surface area contributed by atoms with Crippen LogP contribution in [0.4, 0.5) is 0 Å². The molecule has 2 aliphatic rings. The van der Waals surface area contributed by atoms with E-state index in [1.54, 1.807) is 0 Å². The van der Waals surface area contributed by atoms with E-state index < -0.39 is 0 Å². The zero-order valence-corrected chi connectivity index (χ0v) is 14.4. The Kier molecular flexibility index (Phi) is 3.68. The maximum Gasteiger partial charge on any atom is 0.224 e. The minimum atomic E-state index is -0.124. The first-order valence-electron chi connectivity index (χ1n) is 8.72. The molecule has 0 unspecified atom stereocenters. The topological polar surface area (TPSA) is 41.4 Å². The number of benzene rings is 1. The molecule has 4 rings (SSSR count). The molecule has 2 fully saturated rings. The quantitative estimate of drug-likeness (QED) is 0.872. The third kappa shape index (κ3) is 2.53. The summed E-state index contributed by atoms with van der Waals surface area (Å²) < 4.78 is 1.93. The van der Waals surface area contributed by atoms with Crippen molar-refractivity contribution in [2.24, 2.45) is 0 Å². The van der Waals surface area contributed by atoms with Crippen molar-refractivity contribution in [1.82, 2.24) is 19.6 Å². The molecule has 0 spiro atoms. The second-order valence-electron chi connectivity index (χ2n) is 7.17. The second kappa shape index (κ2) is 5.74. The van der Waals surface area contributed by atoms with Gasteiger partial charge in [0.1, 0.15) is 0 Å². The van der Waals surface area contributed by atoms with Gasteiger partial charge in [0.15, 0.2) is 0 Å². The zero-order chi connectivity index (χ0) is 16.7. The van der Waals surface area contributed by atoms with Crippen LogP contribution in [0.1, 0.15) is 37.3 Å².